The molecule has 6 heteroatoms. The summed E-state index contributed by atoms with van der Waals surface area (Å²) >= 11 is 0. The molecule has 0 N–H and O–H groups in total. The van der Waals surface area contributed by atoms with Gasteiger partial charge in [0.25, 0.3) is 0 Å². The Morgan fingerprint density at radius 2 is 2.10 bits per heavy atom. The first kappa shape index (κ1) is 19.7. The molecule has 5 rings (SSSR count). The molecule has 0 aromatic carbocycles. The van der Waals surface area contributed by atoms with Gasteiger partial charge in [-0.1, -0.05) is 6.07 Å². The Balaban J connectivity index is 1.43. The van der Waals surface area contributed by atoms with Crippen molar-refractivity contribution in [2.24, 2.45) is 11.3 Å². The van der Waals surface area contributed by atoms with E-state index >= 15 is 0 Å². The van der Waals surface area contributed by atoms with Crippen LogP contribution in [-0.2, 0) is 11.3 Å². The van der Waals surface area contributed by atoms with Crippen LogP contribution in [0, 0.1) is 18.3 Å². The zero-order chi connectivity index (χ0) is 20.9. The van der Waals surface area contributed by atoms with E-state index in [2.05, 4.69) is 46.5 Å². The highest BCUT2D eigenvalue weighted by molar-refractivity contribution is 5.87. The molecule has 2 aromatic heterocycles. The molecule has 6 nitrogen and oxygen atoms in total. The van der Waals surface area contributed by atoms with Crippen LogP contribution in [0.15, 0.2) is 30.7 Å². The number of imidazole rings is 1. The summed E-state index contributed by atoms with van der Waals surface area (Å²) in [5, 5.41) is 0. The van der Waals surface area contributed by atoms with Crippen molar-refractivity contribution in [2.75, 3.05) is 26.2 Å². The molecule has 1 spiro atoms. The summed E-state index contributed by atoms with van der Waals surface area (Å²) in [7, 11) is 0. The van der Waals surface area contributed by atoms with Gasteiger partial charge in [0.2, 0.25) is 5.91 Å². The third kappa shape index (κ3) is 3.55. The predicted octanol–water partition coefficient (Wildman–Crippen LogP) is 3.40. The highest BCUT2D eigenvalue weighted by Crippen LogP contribution is 2.50. The van der Waals surface area contributed by atoms with Crippen LogP contribution in [0.5, 0.6) is 0 Å². The average molecular weight is 408 g/mol. The van der Waals surface area contributed by atoms with Crippen LogP contribution in [0.1, 0.15) is 62.2 Å². The molecule has 3 aliphatic rings. The van der Waals surface area contributed by atoms with Crippen LogP contribution >= 0.6 is 0 Å². The molecule has 2 aromatic rings. The van der Waals surface area contributed by atoms with Gasteiger partial charge in [-0.25, -0.2) is 4.98 Å². The van der Waals surface area contributed by atoms with Crippen LogP contribution in [0.3, 0.4) is 0 Å². The van der Waals surface area contributed by atoms with Crippen molar-refractivity contribution >= 4 is 5.91 Å². The van der Waals surface area contributed by atoms with Gasteiger partial charge in [0.05, 0.1) is 23.1 Å². The standard InChI is InChI=1S/C24H33N5O/c1-17(2)29-14-22(25-16-29)21-13-27(12-20-6-4-5-18(3)26-20)15-24(21)9-10-28(23(24)30)11-19-7-8-19/h4-6,14,16-17,19,21H,7-13,15H2,1-3H3. The Kier molecular flexibility index (Phi) is 4.92. The van der Waals surface area contributed by atoms with Crippen LogP contribution in [0.25, 0.3) is 0 Å². The Labute approximate surface area is 179 Å². The quantitative estimate of drug-likeness (QED) is 0.737. The first-order valence-electron chi connectivity index (χ1n) is 11.4. The molecule has 30 heavy (non-hydrogen) atoms. The van der Waals surface area contributed by atoms with Crippen molar-refractivity contribution < 1.29 is 4.79 Å². The van der Waals surface area contributed by atoms with Crippen molar-refractivity contribution in [3.05, 3.63) is 47.8 Å². The van der Waals surface area contributed by atoms with E-state index in [0.29, 0.717) is 11.9 Å². The first-order chi connectivity index (χ1) is 14.4. The highest BCUT2D eigenvalue weighted by Gasteiger charge is 2.58. The molecule has 160 valence electrons. The van der Waals surface area contributed by atoms with E-state index in [9.17, 15) is 4.79 Å². The fraction of sp³-hybridized carbons (Fsp3) is 0.625. The summed E-state index contributed by atoms with van der Waals surface area (Å²) in [4.78, 5) is 27.8. The van der Waals surface area contributed by atoms with Gasteiger partial charge in [-0.2, -0.15) is 0 Å². The lowest BCUT2D eigenvalue weighted by Crippen LogP contribution is -2.40. The molecule has 2 atom stereocenters. The number of hydrogen-bond acceptors (Lipinski definition) is 4. The largest absolute Gasteiger partial charge is 0.342 e. The zero-order valence-corrected chi connectivity index (χ0v) is 18.4. The molecule has 0 radical (unpaired) electrons. The van der Waals surface area contributed by atoms with E-state index in [1.807, 2.05) is 19.3 Å². The Hall–Kier alpha value is -2.21. The number of nitrogens with zero attached hydrogens (tertiary/aromatic N) is 5. The minimum Gasteiger partial charge on any atom is -0.342 e. The lowest BCUT2D eigenvalue weighted by Gasteiger charge is -2.28. The van der Waals surface area contributed by atoms with Gasteiger partial charge in [0, 0.05) is 56.6 Å². The number of hydrogen-bond donors (Lipinski definition) is 0. The molecule has 1 amide bonds. The zero-order valence-electron chi connectivity index (χ0n) is 18.4. The van der Waals surface area contributed by atoms with E-state index in [0.717, 1.165) is 62.1 Å². The lowest BCUT2D eigenvalue weighted by atomic mass is 9.75. The van der Waals surface area contributed by atoms with E-state index < -0.39 is 0 Å². The number of rotatable bonds is 6. The molecule has 0 bridgehead atoms. The van der Waals surface area contributed by atoms with Crippen LogP contribution in [0.2, 0.25) is 0 Å². The maximum absolute atomic E-state index is 13.7. The number of likely N-dealkylation sites (tertiary alicyclic amines) is 2. The second-order valence-corrected chi connectivity index (χ2v) is 9.93. The summed E-state index contributed by atoms with van der Waals surface area (Å²) in [5.74, 6) is 1.24. The van der Waals surface area contributed by atoms with Crippen LogP contribution in [0.4, 0.5) is 0 Å². The summed E-state index contributed by atoms with van der Waals surface area (Å²) in [6, 6.07) is 6.58. The molecule has 3 fully saturated rings. The number of amides is 1. The number of carbonyl (C=O) groups excluding carboxylic acids is 1. The number of aromatic nitrogens is 3. The van der Waals surface area contributed by atoms with Gasteiger partial charge in [0.1, 0.15) is 0 Å². The summed E-state index contributed by atoms with van der Waals surface area (Å²) in [6.45, 7) is 10.7. The normalized spacial score (nSPS) is 27.1. The second-order valence-electron chi connectivity index (χ2n) is 9.93. The number of aryl methyl sites for hydroxylation is 1. The summed E-state index contributed by atoms with van der Waals surface area (Å²) < 4.78 is 2.16. The fourth-order valence-electron chi connectivity index (χ4n) is 5.35. The third-order valence-electron chi connectivity index (χ3n) is 7.24. The first-order valence-corrected chi connectivity index (χ1v) is 11.4. The van der Waals surface area contributed by atoms with Crippen molar-refractivity contribution in [1.29, 1.82) is 0 Å². The van der Waals surface area contributed by atoms with E-state index in [-0.39, 0.29) is 11.3 Å². The molecular formula is C24H33N5O. The second kappa shape index (κ2) is 7.49. The third-order valence-corrected chi connectivity index (χ3v) is 7.24. The maximum atomic E-state index is 13.7. The molecule has 2 unspecified atom stereocenters. The van der Waals surface area contributed by atoms with Gasteiger partial charge in [-0.15, -0.1) is 0 Å². The van der Waals surface area contributed by atoms with Gasteiger partial charge < -0.3 is 9.47 Å². The molecular weight excluding hydrogens is 374 g/mol. The minimum absolute atomic E-state index is 0.152. The number of pyridine rings is 1. The summed E-state index contributed by atoms with van der Waals surface area (Å²) in [6.07, 6.45) is 7.60. The van der Waals surface area contributed by atoms with E-state index in [1.54, 1.807) is 0 Å². The van der Waals surface area contributed by atoms with Crippen molar-refractivity contribution in [3.63, 3.8) is 0 Å². The van der Waals surface area contributed by atoms with Crippen LogP contribution in [-0.4, -0.2) is 56.4 Å². The van der Waals surface area contributed by atoms with Gasteiger partial charge >= 0.3 is 0 Å². The van der Waals surface area contributed by atoms with Gasteiger partial charge in [-0.3, -0.25) is 14.7 Å². The average Bonchev–Trinajstić information content (AvgIpc) is 3.13. The SMILES string of the molecule is Cc1cccc(CN2CC(c3cn(C(C)C)cn3)C3(CCN(CC4CC4)C3=O)C2)n1. The Morgan fingerprint density at radius 3 is 2.80 bits per heavy atom. The Morgan fingerprint density at radius 1 is 1.27 bits per heavy atom. The van der Waals surface area contributed by atoms with E-state index in [4.69, 9.17) is 9.97 Å². The fourth-order valence-corrected chi connectivity index (χ4v) is 5.35. The van der Waals surface area contributed by atoms with Crippen molar-refractivity contribution in [1.82, 2.24) is 24.3 Å². The van der Waals surface area contributed by atoms with E-state index in [1.165, 1.54) is 12.8 Å². The van der Waals surface area contributed by atoms with Crippen LogP contribution < -0.4 is 0 Å². The molecule has 1 saturated carbocycles. The monoisotopic (exact) mass is 407 g/mol. The summed E-state index contributed by atoms with van der Waals surface area (Å²) in [5.41, 5.74) is 2.86. The maximum Gasteiger partial charge on any atom is 0.230 e. The van der Waals surface area contributed by atoms with Gasteiger partial charge in [-0.05, 0) is 58.1 Å². The smallest absolute Gasteiger partial charge is 0.230 e. The Bertz CT molecular complexity index is 933. The van der Waals surface area contributed by atoms with Crippen molar-refractivity contribution in [2.45, 2.75) is 58.5 Å². The number of carbonyl (C=O) groups is 1. The highest BCUT2D eigenvalue weighted by atomic mass is 16.2. The minimum atomic E-state index is -0.338. The van der Waals surface area contributed by atoms with Gasteiger partial charge in [0.15, 0.2) is 0 Å². The topological polar surface area (TPSA) is 54.3 Å². The predicted molar refractivity (Wildman–Crippen MR) is 116 cm³/mol. The lowest BCUT2D eigenvalue weighted by molar-refractivity contribution is -0.136. The molecule has 1 aliphatic carbocycles. The van der Waals surface area contributed by atoms with Crippen molar-refractivity contribution in [3.8, 4) is 0 Å². The molecule has 2 saturated heterocycles. The molecule has 4 heterocycles. The molecule has 2 aliphatic heterocycles.